The summed E-state index contributed by atoms with van der Waals surface area (Å²) in [6.45, 7) is 0. The fraction of sp³-hybridized carbons (Fsp3) is 0.308. The molecule has 0 atom stereocenters. The zero-order valence-corrected chi connectivity index (χ0v) is 12.1. The molecule has 0 fully saturated rings. The minimum Gasteiger partial charge on any atom is -0.343 e. The maximum absolute atomic E-state index is 5.40. The van der Waals surface area contributed by atoms with Crippen LogP contribution in [0.3, 0.4) is 0 Å². The molecular weight excluding hydrogens is 310 g/mol. The first kappa shape index (κ1) is 12.0. The summed E-state index contributed by atoms with van der Waals surface area (Å²) in [6, 6.07) is 2.00. The summed E-state index contributed by atoms with van der Waals surface area (Å²) in [5, 5.41) is 0. The van der Waals surface area contributed by atoms with Gasteiger partial charge < -0.3 is 4.98 Å². The highest BCUT2D eigenvalue weighted by atomic mass is 79.9. The summed E-state index contributed by atoms with van der Waals surface area (Å²) in [6.07, 6.45) is 8.11. The van der Waals surface area contributed by atoms with Crippen LogP contribution in [0.1, 0.15) is 24.1 Å². The molecule has 0 spiro atoms. The summed E-state index contributed by atoms with van der Waals surface area (Å²) in [7, 11) is 0. The molecule has 0 saturated carbocycles. The Kier molecular flexibility index (Phi) is 3.26. The highest BCUT2D eigenvalue weighted by Crippen LogP contribution is 2.24. The van der Waals surface area contributed by atoms with Crippen molar-refractivity contribution >= 4 is 28.1 Å². The van der Waals surface area contributed by atoms with Gasteiger partial charge in [-0.05, 0) is 47.7 Å². The number of halogens is 1. The van der Waals surface area contributed by atoms with Crippen molar-refractivity contribution < 1.29 is 0 Å². The van der Waals surface area contributed by atoms with E-state index in [2.05, 4.69) is 30.9 Å². The van der Waals surface area contributed by atoms with Crippen molar-refractivity contribution in [2.45, 2.75) is 25.7 Å². The number of fused-ring (bicyclic) bond motifs is 1. The first-order valence-electron chi connectivity index (χ1n) is 5.97. The van der Waals surface area contributed by atoms with Gasteiger partial charge in [-0.3, -0.25) is 4.98 Å². The van der Waals surface area contributed by atoms with Gasteiger partial charge in [0.05, 0.1) is 0 Å². The van der Waals surface area contributed by atoms with Gasteiger partial charge in [-0.15, -0.1) is 0 Å². The number of aromatic amines is 1. The molecule has 5 heteroatoms. The van der Waals surface area contributed by atoms with Crippen LogP contribution in [0.25, 0.3) is 11.4 Å². The lowest BCUT2D eigenvalue weighted by Gasteiger charge is -2.16. The zero-order chi connectivity index (χ0) is 12.5. The van der Waals surface area contributed by atoms with Gasteiger partial charge >= 0.3 is 0 Å². The Labute approximate surface area is 119 Å². The van der Waals surface area contributed by atoms with Crippen molar-refractivity contribution in [3.8, 4) is 11.4 Å². The maximum Gasteiger partial charge on any atom is 0.140 e. The average molecular weight is 322 g/mol. The predicted octanol–water partition coefficient (Wildman–Crippen LogP) is 3.84. The van der Waals surface area contributed by atoms with Crippen LogP contribution < -0.4 is 0 Å². The molecule has 3 nitrogen and oxygen atoms in total. The SMILES string of the molecule is S=c1nc(-c2cncc(Br)c2)[nH]c2c1CCCC2. The van der Waals surface area contributed by atoms with Crippen LogP contribution in [0, 0.1) is 4.64 Å². The zero-order valence-electron chi connectivity index (χ0n) is 9.74. The Morgan fingerprint density at radius 1 is 1.22 bits per heavy atom. The molecule has 0 unspecified atom stereocenters. The molecule has 1 aliphatic carbocycles. The molecule has 0 saturated heterocycles. The molecule has 92 valence electrons. The monoisotopic (exact) mass is 321 g/mol. The van der Waals surface area contributed by atoms with Crippen molar-refractivity contribution in [2.75, 3.05) is 0 Å². The van der Waals surface area contributed by atoms with Crippen LogP contribution in [0.5, 0.6) is 0 Å². The van der Waals surface area contributed by atoms with Crippen LogP contribution in [0.2, 0.25) is 0 Å². The van der Waals surface area contributed by atoms with Crippen molar-refractivity contribution in [1.29, 1.82) is 0 Å². The van der Waals surface area contributed by atoms with E-state index in [-0.39, 0.29) is 0 Å². The van der Waals surface area contributed by atoms with E-state index in [1.165, 1.54) is 24.1 Å². The lowest BCUT2D eigenvalue weighted by atomic mass is 9.97. The van der Waals surface area contributed by atoms with E-state index in [4.69, 9.17) is 12.2 Å². The Hall–Kier alpha value is -1.07. The average Bonchev–Trinajstić information content (AvgIpc) is 2.39. The van der Waals surface area contributed by atoms with Gasteiger partial charge in [-0.1, -0.05) is 12.2 Å². The molecule has 0 aromatic carbocycles. The third kappa shape index (κ3) is 2.24. The van der Waals surface area contributed by atoms with Crippen LogP contribution in [-0.4, -0.2) is 15.0 Å². The second-order valence-corrected chi connectivity index (χ2v) is 5.75. The first-order valence-corrected chi connectivity index (χ1v) is 7.17. The number of aryl methyl sites for hydroxylation is 1. The van der Waals surface area contributed by atoms with Crippen molar-refractivity contribution in [3.05, 3.63) is 38.8 Å². The molecule has 18 heavy (non-hydrogen) atoms. The van der Waals surface area contributed by atoms with Crippen molar-refractivity contribution in [2.24, 2.45) is 0 Å². The molecule has 2 heterocycles. The second kappa shape index (κ2) is 4.90. The highest BCUT2D eigenvalue weighted by Gasteiger charge is 2.14. The second-order valence-electron chi connectivity index (χ2n) is 4.45. The topological polar surface area (TPSA) is 41.6 Å². The van der Waals surface area contributed by atoms with Gasteiger partial charge in [0.2, 0.25) is 0 Å². The quantitative estimate of drug-likeness (QED) is 0.811. The van der Waals surface area contributed by atoms with E-state index in [1.54, 1.807) is 12.4 Å². The van der Waals surface area contributed by atoms with E-state index in [0.29, 0.717) is 0 Å². The number of rotatable bonds is 1. The number of aromatic nitrogens is 3. The number of nitrogens with zero attached hydrogens (tertiary/aromatic N) is 2. The fourth-order valence-electron chi connectivity index (χ4n) is 2.30. The standard InChI is InChI=1S/C13H12BrN3S/c14-9-5-8(6-15-7-9)12-16-11-4-2-1-3-10(11)13(18)17-12/h5-7H,1-4H2,(H,16,17,18). The molecule has 2 aromatic heterocycles. The largest absolute Gasteiger partial charge is 0.343 e. The molecule has 2 aromatic rings. The van der Waals surface area contributed by atoms with E-state index >= 15 is 0 Å². The minimum absolute atomic E-state index is 0.735. The molecule has 3 rings (SSSR count). The first-order chi connectivity index (χ1) is 8.74. The highest BCUT2D eigenvalue weighted by molar-refractivity contribution is 9.10. The number of nitrogens with one attached hydrogen (secondary N) is 1. The number of hydrogen-bond acceptors (Lipinski definition) is 3. The Morgan fingerprint density at radius 2 is 2.06 bits per heavy atom. The summed E-state index contributed by atoms with van der Waals surface area (Å²) in [4.78, 5) is 12.1. The Morgan fingerprint density at radius 3 is 2.89 bits per heavy atom. The minimum atomic E-state index is 0.735. The molecule has 0 amide bonds. The normalized spacial score (nSPS) is 14.3. The van der Waals surface area contributed by atoms with Crippen LogP contribution in [-0.2, 0) is 12.8 Å². The fourth-order valence-corrected chi connectivity index (χ4v) is 2.98. The molecule has 0 bridgehead atoms. The van der Waals surface area contributed by atoms with Crippen molar-refractivity contribution in [3.63, 3.8) is 0 Å². The Balaban J connectivity index is 2.14. The van der Waals surface area contributed by atoms with E-state index in [1.807, 2.05) is 6.07 Å². The summed E-state index contributed by atoms with van der Waals surface area (Å²) in [5.74, 6) is 0.814. The molecule has 0 radical (unpaired) electrons. The molecule has 1 aliphatic rings. The lowest BCUT2D eigenvalue weighted by Crippen LogP contribution is -2.08. The van der Waals surface area contributed by atoms with Crippen LogP contribution >= 0.6 is 28.1 Å². The van der Waals surface area contributed by atoms with Gasteiger partial charge in [0.15, 0.2) is 0 Å². The third-order valence-corrected chi connectivity index (χ3v) is 3.96. The van der Waals surface area contributed by atoms with Gasteiger partial charge in [-0.2, -0.15) is 0 Å². The lowest BCUT2D eigenvalue weighted by molar-refractivity contribution is 0.661. The summed E-state index contributed by atoms with van der Waals surface area (Å²) < 4.78 is 1.68. The van der Waals surface area contributed by atoms with Crippen LogP contribution in [0.4, 0.5) is 0 Å². The molecule has 1 N–H and O–H groups in total. The van der Waals surface area contributed by atoms with Crippen molar-refractivity contribution in [1.82, 2.24) is 15.0 Å². The summed E-state index contributed by atoms with van der Waals surface area (Å²) in [5.41, 5.74) is 3.43. The van der Waals surface area contributed by atoms with Gasteiger partial charge in [-0.25, -0.2) is 4.98 Å². The summed E-state index contributed by atoms with van der Waals surface area (Å²) >= 11 is 8.82. The number of hydrogen-bond donors (Lipinski definition) is 1. The number of pyridine rings is 1. The third-order valence-electron chi connectivity index (χ3n) is 3.19. The van der Waals surface area contributed by atoms with Crippen LogP contribution in [0.15, 0.2) is 22.9 Å². The smallest absolute Gasteiger partial charge is 0.140 e. The van der Waals surface area contributed by atoms with E-state index < -0.39 is 0 Å². The Bertz CT molecular complexity index is 651. The van der Waals surface area contributed by atoms with Gasteiger partial charge in [0.25, 0.3) is 0 Å². The van der Waals surface area contributed by atoms with E-state index in [9.17, 15) is 0 Å². The van der Waals surface area contributed by atoms with E-state index in [0.717, 1.165) is 33.3 Å². The maximum atomic E-state index is 5.40. The van der Waals surface area contributed by atoms with Gasteiger partial charge in [0, 0.05) is 33.7 Å². The predicted molar refractivity (Wildman–Crippen MR) is 77.0 cm³/mol. The molecule has 0 aliphatic heterocycles. The van der Waals surface area contributed by atoms with Gasteiger partial charge in [0.1, 0.15) is 10.5 Å². The number of H-pyrrole nitrogens is 1. The molecular formula is C13H12BrN3S.